The molecule has 1 aliphatic carbocycles. The van der Waals surface area contributed by atoms with Gasteiger partial charge in [-0.1, -0.05) is 27.7 Å². The average molecular weight is 295 g/mol. The first kappa shape index (κ1) is 16.3. The summed E-state index contributed by atoms with van der Waals surface area (Å²) in [5, 5.41) is 2.95. The SMILES string of the molecule is CCC(N)CN1C(=O)NC2(CCC(C(C)(C)C)CC2)C1=O. The predicted octanol–water partition coefficient (Wildman–Crippen LogP) is 2.25. The summed E-state index contributed by atoms with van der Waals surface area (Å²) in [5.41, 5.74) is 5.50. The van der Waals surface area contributed by atoms with Crippen molar-refractivity contribution < 1.29 is 9.59 Å². The molecule has 0 aromatic carbocycles. The highest BCUT2D eigenvalue weighted by Gasteiger charge is 2.53. The Morgan fingerprint density at radius 2 is 1.90 bits per heavy atom. The normalized spacial score (nSPS) is 31.7. The number of nitrogens with two attached hydrogens (primary N) is 1. The van der Waals surface area contributed by atoms with Crippen LogP contribution in [-0.2, 0) is 4.79 Å². The van der Waals surface area contributed by atoms with Crippen LogP contribution in [0.25, 0.3) is 0 Å². The maximum atomic E-state index is 12.7. The van der Waals surface area contributed by atoms with Gasteiger partial charge in [0, 0.05) is 12.6 Å². The molecule has 2 aliphatic rings. The van der Waals surface area contributed by atoms with Gasteiger partial charge in [-0.25, -0.2) is 4.79 Å². The molecule has 5 nitrogen and oxygen atoms in total. The molecule has 2 rings (SSSR count). The number of rotatable bonds is 3. The molecular weight excluding hydrogens is 266 g/mol. The van der Waals surface area contributed by atoms with Gasteiger partial charge in [-0.15, -0.1) is 0 Å². The summed E-state index contributed by atoms with van der Waals surface area (Å²) >= 11 is 0. The average Bonchev–Trinajstić information content (AvgIpc) is 2.63. The summed E-state index contributed by atoms with van der Waals surface area (Å²) < 4.78 is 0. The molecule has 1 atom stereocenters. The molecule has 0 radical (unpaired) electrons. The predicted molar refractivity (Wildman–Crippen MR) is 82.7 cm³/mol. The molecular formula is C16H29N3O2. The fourth-order valence-corrected chi connectivity index (χ4v) is 3.52. The number of nitrogens with zero attached hydrogens (tertiary/aromatic N) is 1. The smallest absolute Gasteiger partial charge is 0.325 e. The third-order valence-electron chi connectivity index (χ3n) is 5.25. The van der Waals surface area contributed by atoms with E-state index in [9.17, 15) is 9.59 Å². The summed E-state index contributed by atoms with van der Waals surface area (Å²) in [5.74, 6) is 0.545. The highest BCUT2D eigenvalue weighted by atomic mass is 16.2. The van der Waals surface area contributed by atoms with E-state index in [2.05, 4.69) is 26.1 Å². The van der Waals surface area contributed by atoms with Crippen molar-refractivity contribution in [2.45, 2.75) is 71.4 Å². The van der Waals surface area contributed by atoms with E-state index in [1.54, 1.807) is 0 Å². The lowest BCUT2D eigenvalue weighted by molar-refractivity contribution is -0.133. The standard InChI is InChI=1S/C16H29N3O2/c1-5-12(17)10-19-13(20)16(18-14(19)21)8-6-11(7-9-16)15(2,3)4/h11-12H,5-10,17H2,1-4H3,(H,18,21). The minimum atomic E-state index is -0.660. The van der Waals surface area contributed by atoms with Crippen molar-refractivity contribution in [3.8, 4) is 0 Å². The van der Waals surface area contributed by atoms with Crippen LogP contribution < -0.4 is 11.1 Å². The van der Waals surface area contributed by atoms with Gasteiger partial charge in [0.25, 0.3) is 5.91 Å². The van der Waals surface area contributed by atoms with Crippen molar-refractivity contribution >= 4 is 11.9 Å². The molecule has 21 heavy (non-hydrogen) atoms. The van der Waals surface area contributed by atoms with E-state index in [1.165, 1.54) is 4.90 Å². The quantitative estimate of drug-likeness (QED) is 0.784. The van der Waals surface area contributed by atoms with E-state index in [4.69, 9.17) is 5.73 Å². The molecule has 1 heterocycles. The lowest BCUT2D eigenvalue weighted by Gasteiger charge is -2.40. The zero-order valence-electron chi connectivity index (χ0n) is 13.7. The topological polar surface area (TPSA) is 75.4 Å². The lowest BCUT2D eigenvalue weighted by Crippen LogP contribution is -2.51. The Labute approximate surface area is 127 Å². The lowest BCUT2D eigenvalue weighted by atomic mass is 9.67. The minimum absolute atomic E-state index is 0.0660. The van der Waals surface area contributed by atoms with Crippen LogP contribution in [0.3, 0.4) is 0 Å². The molecule has 0 bridgehead atoms. The van der Waals surface area contributed by atoms with Gasteiger partial charge in [-0.3, -0.25) is 9.69 Å². The number of hydrogen-bond donors (Lipinski definition) is 2. The Kier molecular flexibility index (Phi) is 4.34. The summed E-state index contributed by atoms with van der Waals surface area (Å²) in [7, 11) is 0. The molecule has 1 aliphatic heterocycles. The van der Waals surface area contributed by atoms with Crippen LogP contribution in [0.4, 0.5) is 4.79 Å². The molecule has 1 saturated carbocycles. The van der Waals surface area contributed by atoms with E-state index in [1.807, 2.05) is 6.92 Å². The molecule has 1 saturated heterocycles. The third-order valence-corrected chi connectivity index (χ3v) is 5.25. The Morgan fingerprint density at radius 1 is 1.33 bits per heavy atom. The van der Waals surface area contributed by atoms with Crippen LogP contribution in [0.5, 0.6) is 0 Å². The highest BCUT2D eigenvalue weighted by Crippen LogP contribution is 2.43. The van der Waals surface area contributed by atoms with Gasteiger partial charge >= 0.3 is 6.03 Å². The second-order valence-corrected chi connectivity index (χ2v) is 7.74. The van der Waals surface area contributed by atoms with Crippen LogP contribution in [-0.4, -0.2) is 35.0 Å². The van der Waals surface area contributed by atoms with Crippen molar-refractivity contribution in [1.29, 1.82) is 0 Å². The number of hydrogen-bond acceptors (Lipinski definition) is 3. The molecule has 0 aromatic rings. The van der Waals surface area contributed by atoms with Crippen molar-refractivity contribution in [2.75, 3.05) is 6.54 Å². The number of imide groups is 1. The summed E-state index contributed by atoms with van der Waals surface area (Å²) in [4.78, 5) is 26.1. The molecule has 1 spiro atoms. The first-order valence-corrected chi connectivity index (χ1v) is 8.09. The summed E-state index contributed by atoms with van der Waals surface area (Å²) in [6.45, 7) is 9.03. The number of amides is 3. The molecule has 2 fully saturated rings. The minimum Gasteiger partial charge on any atom is -0.326 e. The van der Waals surface area contributed by atoms with Gasteiger partial charge in [0.15, 0.2) is 0 Å². The van der Waals surface area contributed by atoms with Gasteiger partial charge in [0.1, 0.15) is 5.54 Å². The van der Waals surface area contributed by atoms with Gasteiger partial charge < -0.3 is 11.1 Å². The number of urea groups is 1. The van der Waals surface area contributed by atoms with E-state index >= 15 is 0 Å². The van der Waals surface area contributed by atoms with Crippen molar-refractivity contribution in [2.24, 2.45) is 17.1 Å². The van der Waals surface area contributed by atoms with Crippen LogP contribution in [0.1, 0.15) is 59.8 Å². The van der Waals surface area contributed by atoms with E-state index in [0.717, 1.165) is 32.1 Å². The zero-order chi connectivity index (χ0) is 15.8. The first-order chi connectivity index (χ1) is 9.69. The van der Waals surface area contributed by atoms with Gasteiger partial charge in [0.2, 0.25) is 0 Å². The van der Waals surface area contributed by atoms with Crippen LogP contribution >= 0.6 is 0 Å². The molecule has 3 amide bonds. The largest absolute Gasteiger partial charge is 0.326 e. The number of nitrogens with one attached hydrogen (secondary N) is 1. The molecule has 1 unspecified atom stereocenters. The van der Waals surface area contributed by atoms with E-state index < -0.39 is 5.54 Å². The number of carbonyl (C=O) groups excluding carboxylic acids is 2. The molecule has 5 heteroatoms. The van der Waals surface area contributed by atoms with Gasteiger partial charge in [0.05, 0.1) is 0 Å². The van der Waals surface area contributed by atoms with Crippen molar-refractivity contribution in [3.05, 3.63) is 0 Å². The summed E-state index contributed by atoms with van der Waals surface area (Å²) in [6.07, 6.45) is 4.23. The van der Waals surface area contributed by atoms with Crippen LogP contribution in [0.2, 0.25) is 0 Å². The Hall–Kier alpha value is -1.10. The Bertz CT molecular complexity index is 420. The Morgan fingerprint density at radius 3 is 2.38 bits per heavy atom. The molecule has 3 N–H and O–H groups in total. The Balaban J connectivity index is 2.06. The monoisotopic (exact) mass is 295 g/mol. The van der Waals surface area contributed by atoms with E-state index in [0.29, 0.717) is 12.5 Å². The second-order valence-electron chi connectivity index (χ2n) is 7.74. The third kappa shape index (κ3) is 3.07. The maximum Gasteiger partial charge on any atom is 0.325 e. The molecule has 0 aromatic heterocycles. The fraction of sp³-hybridized carbons (Fsp3) is 0.875. The highest BCUT2D eigenvalue weighted by molar-refractivity contribution is 6.07. The summed E-state index contributed by atoms with van der Waals surface area (Å²) in [6, 6.07) is -0.404. The molecule has 120 valence electrons. The van der Waals surface area contributed by atoms with Crippen molar-refractivity contribution in [3.63, 3.8) is 0 Å². The van der Waals surface area contributed by atoms with Crippen LogP contribution in [0, 0.1) is 11.3 Å². The number of carbonyl (C=O) groups is 2. The van der Waals surface area contributed by atoms with E-state index in [-0.39, 0.29) is 23.4 Å². The van der Waals surface area contributed by atoms with Gasteiger partial charge in [-0.05, 0) is 43.4 Å². The van der Waals surface area contributed by atoms with Gasteiger partial charge in [-0.2, -0.15) is 0 Å². The maximum absolute atomic E-state index is 12.7. The fourth-order valence-electron chi connectivity index (χ4n) is 3.52. The van der Waals surface area contributed by atoms with Crippen LogP contribution in [0.15, 0.2) is 0 Å². The zero-order valence-corrected chi connectivity index (χ0v) is 13.7. The second kappa shape index (κ2) is 5.59. The van der Waals surface area contributed by atoms with Crippen molar-refractivity contribution in [1.82, 2.24) is 10.2 Å². The first-order valence-electron chi connectivity index (χ1n) is 8.09.